The van der Waals surface area contributed by atoms with E-state index < -0.39 is 0 Å². The Morgan fingerprint density at radius 3 is 2.87 bits per heavy atom. The number of thioether (sulfide) groups is 1. The number of nitrogens with one attached hydrogen (secondary N) is 1. The third-order valence-electron chi connectivity index (χ3n) is 3.08. The second-order valence-electron chi connectivity index (χ2n) is 4.02. The molecule has 0 aromatic carbocycles. The van der Waals surface area contributed by atoms with Crippen molar-refractivity contribution in [3.63, 3.8) is 0 Å². The van der Waals surface area contributed by atoms with Gasteiger partial charge in [0.15, 0.2) is 5.82 Å². The molecule has 0 saturated heterocycles. The van der Waals surface area contributed by atoms with E-state index in [1.807, 2.05) is 23.5 Å². The number of rotatable bonds is 5. The zero-order valence-electron chi connectivity index (χ0n) is 9.23. The maximum atomic E-state index is 4.05. The zero-order chi connectivity index (χ0) is 10.7. The second kappa shape index (κ2) is 4.49. The van der Waals surface area contributed by atoms with Gasteiger partial charge in [-0.15, -0.1) is 5.10 Å². The molecule has 0 unspecified atom stereocenters. The Hall–Kier alpha value is -0.620. The van der Waals surface area contributed by atoms with Gasteiger partial charge in [0.1, 0.15) is 0 Å². The molecule has 0 aliphatic heterocycles. The van der Waals surface area contributed by atoms with Crippen LogP contribution in [-0.2, 0) is 13.1 Å². The average Bonchev–Trinajstić information content (AvgIpc) is 2.60. The van der Waals surface area contributed by atoms with Gasteiger partial charge in [-0.1, -0.05) is 6.42 Å². The van der Waals surface area contributed by atoms with Crippen molar-refractivity contribution >= 4 is 11.8 Å². The fraction of sp³-hybridized carbons (Fsp3) is 0.889. The van der Waals surface area contributed by atoms with Gasteiger partial charge >= 0.3 is 0 Å². The van der Waals surface area contributed by atoms with E-state index in [4.69, 9.17) is 0 Å². The van der Waals surface area contributed by atoms with Gasteiger partial charge in [0.2, 0.25) is 0 Å². The highest BCUT2D eigenvalue weighted by Gasteiger charge is 2.37. The molecular formula is C9H17N5S. The lowest BCUT2D eigenvalue weighted by atomic mass is 9.84. The van der Waals surface area contributed by atoms with Gasteiger partial charge in [-0.05, 0) is 36.6 Å². The summed E-state index contributed by atoms with van der Waals surface area (Å²) in [6, 6.07) is 0. The molecule has 84 valence electrons. The lowest BCUT2D eigenvalue weighted by molar-refractivity contribution is 0.303. The molecule has 1 fully saturated rings. The van der Waals surface area contributed by atoms with Gasteiger partial charge in [0.05, 0.1) is 13.1 Å². The molecule has 0 amide bonds. The van der Waals surface area contributed by atoms with Crippen LogP contribution in [0.3, 0.4) is 0 Å². The summed E-state index contributed by atoms with van der Waals surface area (Å²) >= 11 is 1.95. The molecule has 0 radical (unpaired) electrons. The van der Waals surface area contributed by atoms with Crippen LogP contribution in [0.4, 0.5) is 0 Å². The normalized spacial score (nSPS) is 18.8. The van der Waals surface area contributed by atoms with E-state index in [0.717, 1.165) is 18.9 Å². The van der Waals surface area contributed by atoms with Crippen LogP contribution in [0.5, 0.6) is 0 Å². The predicted octanol–water partition coefficient (Wildman–Crippen LogP) is 0.678. The lowest BCUT2D eigenvalue weighted by Crippen LogP contribution is -2.38. The molecule has 15 heavy (non-hydrogen) atoms. The van der Waals surface area contributed by atoms with Crippen LogP contribution >= 0.6 is 11.8 Å². The topological polar surface area (TPSA) is 55.6 Å². The third-order valence-corrected chi connectivity index (χ3v) is 4.48. The Morgan fingerprint density at radius 2 is 2.33 bits per heavy atom. The van der Waals surface area contributed by atoms with E-state index >= 15 is 0 Å². The molecule has 2 rings (SSSR count). The maximum absolute atomic E-state index is 4.05. The van der Waals surface area contributed by atoms with E-state index in [-0.39, 0.29) is 0 Å². The van der Waals surface area contributed by atoms with Gasteiger partial charge in [-0.2, -0.15) is 11.8 Å². The van der Waals surface area contributed by atoms with E-state index in [2.05, 4.69) is 27.1 Å². The van der Waals surface area contributed by atoms with Crippen LogP contribution in [0.25, 0.3) is 0 Å². The minimum absolute atomic E-state index is 0.387. The highest BCUT2D eigenvalue weighted by atomic mass is 32.2. The molecule has 1 saturated carbocycles. The number of aromatic nitrogens is 4. The SMILES string of the molecule is CNCc1nnnn1CC1(SC)CCC1. The largest absolute Gasteiger partial charge is 0.313 e. The Morgan fingerprint density at radius 1 is 1.53 bits per heavy atom. The quantitative estimate of drug-likeness (QED) is 0.801. The molecular weight excluding hydrogens is 210 g/mol. The molecule has 1 N–H and O–H groups in total. The Kier molecular flexibility index (Phi) is 3.25. The van der Waals surface area contributed by atoms with Crippen LogP contribution in [0.15, 0.2) is 0 Å². The molecule has 6 heteroatoms. The fourth-order valence-electron chi connectivity index (χ4n) is 1.90. The van der Waals surface area contributed by atoms with Crippen LogP contribution < -0.4 is 5.32 Å². The minimum Gasteiger partial charge on any atom is -0.313 e. The highest BCUT2D eigenvalue weighted by molar-refractivity contribution is 8.00. The molecule has 0 atom stereocenters. The van der Waals surface area contributed by atoms with Gasteiger partial charge in [0.25, 0.3) is 0 Å². The van der Waals surface area contributed by atoms with Gasteiger partial charge in [-0.3, -0.25) is 0 Å². The van der Waals surface area contributed by atoms with Gasteiger partial charge < -0.3 is 5.32 Å². The Balaban J connectivity index is 2.06. The summed E-state index contributed by atoms with van der Waals surface area (Å²) in [5.41, 5.74) is 0. The second-order valence-corrected chi connectivity index (χ2v) is 5.30. The van der Waals surface area contributed by atoms with Crippen LogP contribution in [-0.4, -0.2) is 38.3 Å². The van der Waals surface area contributed by atoms with E-state index in [1.54, 1.807) is 0 Å². The van der Waals surface area contributed by atoms with Crippen LogP contribution in [0.2, 0.25) is 0 Å². The summed E-state index contributed by atoms with van der Waals surface area (Å²) in [7, 11) is 1.91. The first kappa shape index (κ1) is 10.9. The number of tetrazole rings is 1. The van der Waals surface area contributed by atoms with E-state index in [9.17, 15) is 0 Å². The van der Waals surface area contributed by atoms with Crippen molar-refractivity contribution < 1.29 is 0 Å². The van der Waals surface area contributed by atoms with Gasteiger partial charge in [-0.25, -0.2) is 4.68 Å². The molecule has 1 aromatic heterocycles. The lowest BCUT2D eigenvalue weighted by Gasteiger charge is -2.40. The smallest absolute Gasteiger partial charge is 0.165 e. The summed E-state index contributed by atoms with van der Waals surface area (Å²) in [6.45, 7) is 1.68. The van der Waals surface area contributed by atoms with Gasteiger partial charge in [0, 0.05) is 4.75 Å². The molecule has 0 spiro atoms. The van der Waals surface area contributed by atoms with Crippen molar-refractivity contribution in [1.29, 1.82) is 0 Å². The average molecular weight is 227 g/mol. The summed E-state index contributed by atoms with van der Waals surface area (Å²) in [5, 5.41) is 14.9. The summed E-state index contributed by atoms with van der Waals surface area (Å²) in [4.78, 5) is 0. The molecule has 5 nitrogen and oxygen atoms in total. The highest BCUT2D eigenvalue weighted by Crippen LogP contribution is 2.43. The summed E-state index contributed by atoms with van der Waals surface area (Å²) in [6.07, 6.45) is 6.09. The Bertz CT molecular complexity index is 315. The van der Waals surface area contributed by atoms with E-state index in [1.165, 1.54) is 19.3 Å². The third kappa shape index (κ3) is 2.15. The van der Waals surface area contributed by atoms with Crippen molar-refractivity contribution in [3.05, 3.63) is 5.82 Å². The molecule has 1 heterocycles. The standard InChI is InChI=1S/C9H17N5S/c1-10-6-8-11-12-13-14(8)7-9(15-2)4-3-5-9/h10H,3-7H2,1-2H3. The first-order chi connectivity index (χ1) is 7.29. The van der Waals surface area contributed by atoms with Crippen molar-refractivity contribution in [2.24, 2.45) is 0 Å². The van der Waals surface area contributed by atoms with Crippen molar-refractivity contribution in [2.75, 3.05) is 13.3 Å². The van der Waals surface area contributed by atoms with E-state index in [0.29, 0.717) is 4.75 Å². The predicted molar refractivity (Wildman–Crippen MR) is 60.7 cm³/mol. The number of hydrogen-bond acceptors (Lipinski definition) is 5. The van der Waals surface area contributed by atoms with Crippen LogP contribution in [0, 0.1) is 0 Å². The number of nitrogens with zero attached hydrogens (tertiary/aromatic N) is 4. The fourth-order valence-corrected chi connectivity index (χ4v) is 2.85. The van der Waals surface area contributed by atoms with Crippen LogP contribution in [0.1, 0.15) is 25.1 Å². The first-order valence-corrected chi connectivity index (χ1v) is 6.47. The van der Waals surface area contributed by atoms with Crippen molar-refractivity contribution in [3.8, 4) is 0 Å². The number of hydrogen-bond donors (Lipinski definition) is 1. The summed E-state index contributed by atoms with van der Waals surface area (Å²) < 4.78 is 2.32. The zero-order valence-corrected chi connectivity index (χ0v) is 10.0. The maximum Gasteiger partial charge on any atom is 0.165 e. The minimum atomic E-state index is 0.387. The summed E-state index contributed by atoms with van der Waals surface area (Å²) in [5.74, 6) is 0.929. The van der Waals surface area contributed by atoms with Crippen molar-refractivity contribution in [2.45, 2.75) is 37.1 Å². The van der Waals surface area contributed by atoms with Crippen molar-refractivity contribution in [1.82, 2.24) is 25.5 Å². The molecule has 0 bridgehead atoms. The Labute approximate surface area is 94.0 Å². The molecule has 1 aromatic rings. The monoisotopic (exact) mass is 227 g/mol. The molecule has 1 aliphatic rings. The molecule has 1 aliphatic carbocycles. The first-order valence-electron chi connectivity index (χ1n) is 5.24.